The molecule has 0 radical (unpaired) electrons. The molecule has 18 heavy (non-hydrogen) atoms. The van der Waals surface area contributed by atoms with Gasteiger partial charge in [0.2, 0.25) is 0 Å². The van der Waals surface area contributed by atoms with E-state index in [2.05, 4.69) is 28.0 Å². The normalized spacial score (nSPS) is 22.0. The molecular weight excluding hydrogens is 226 g/mol. The van der Waals surface area contributed by atoms with Gasteiger partial charge in [-0.2, -0.15) is 0 Å². The van der Waals surface area contributed by atoms with Crippen molar-refractivity contribution in [3.05, 3.63) is 18.2 Å². The Hall–Kier alpha value is -0.870. The molecule has 0 bridgehead atoms. The molecule has 2 heterocycles. The number of nitrogens with zero attached hydrogens (tertiary/aromatic N) is 2. The molecule has 4 nitrogen and oxygen atoms in total. The van der Waals surface area contributed by atoms with Crippen molar-refractivity contribution < 1.29 is 4.74 Å². The van der Waals surface area contributed by atoms with E-state index in [0.29, 0.717) is 12.1 Å². The van der Waals surface area contributed by atoms with Crippen LogP contribution in [0.4, 0.5) is 0 Å². The highest BCUT2D eigenvalue weighted by atomic mass is 16.5. The predicted molar refractivity (Wildman–Crippen MR) is 72.7 cm³/mol. The van der Waals surface area contributed by atoms with Crippen LogP contribution in [0, 0.1) is 0 Å². The Kier molecular flexibility index (Phi) is 5.20. The molecule has 2 unspecified atom stereocenters. The summed E-state index contributed by atoms with van der Waals surface area (Å²) in [7, 11) is 2.03. The fourth-order valence-electron chi connectivity index (χ4n) is 2.65. The number of aryl methyl sites for hydroxylation is 1. The van der Waals surface area contributed by atoms with Crippen LogP contribution < -0.4 is 5.32 Å². The maximum absolute atomic E-state index is 5.82. The lowest BCUT2D eigenvalue weighted by Crippen LogP contribution is -2.34. The standard InChI is InChI=1S/C14H25N3O/c1-3-17-8-7-16-14(17)11-12(15-2)10-13-6-4-5-9-18-13/h7-8,12-13,15H,3-6,9-11H2,1-2H3. The summed E-state index contributed by atoms with van der Waals surface area (Å²) in [6.07, 6.45) is 10.2. The van der Waals surface area contributed by atoms with Crippen molar-refractivity contribution in [2.24, 2.45) is 0 Å². The van der Waals surface area contributed by atoms with E-state index in [1.165, 1.54) is 25.1 Å². The van der Waals surface area contributed by atoms with Gasteiger partial charge in [-0.25, -0.2) is 4.98 Å². The van der Waals surface area contributed by atoms with Crippen molar-refractivity contribution in [3.63, 3.8) is 0 Å². The van der Waals surface area contributed by atoms with Crippen LogP contribution in [-0.2, 0) is 17.7 Å². The summed E-state index contributed by atoms with van der Waals surface area (Å²) in [4.78, 5) is 4.45. The molecule has 0 aromatic carbocycles. The first-order valence-corrected chi connectivity index (χ1v) is 7.12. The topological polar surface area (TPSA) is 39.1 Å². The summed E-state index contributed by atoms with van der Waals surface area (Å²) < 4.78 is 8.03. The zero-order valence-electron chi connectivity index (χ0n) is 11.6. The van der Waals surface area contributed by atoms with Crippen molar-refractivity contribution >= 4 is 0 Å². The fourth-order valence-corrected chi connectivity index (χ4v) is 2.65. The lowest BCUT2D eigenvalue weighted by atomic mass is 10.00. The monoisotopic (exact) mass is 251 g/mol. The van der Waals surface area contributed by atoms with Crippen LogP contribution in [0.25, 0.3) is 0 Å². The number of imidazole rings is 1. The summed E-state index contributed by atoms with van der Waals surface area (Å²) in [6, 6.07) is 0.459. The van der Waals surface area contributed by atoms with E-state index in [4.69, 9.17) is 4.74 Å². The number of aromatic nitrogens is 2. The third-order valence-electron chi connectivity index (χ3n) is 3.80. The van der Waals surface area contributed by atoms with Gasteiger partial charge in [-0.1, -0.05) is 0 Å². The first kappa shape index (κ1) is 13.6. The van der Waals surface area contributed by atoms with Crippen LogP contribution >= 0.6 is 0 Å². The molecule has 0 amide bonds. The summed E-state index contributed by atoms with van der Waals surface area (Å²) >= 11 is 0. The minimum atomic E-state index is 0.432. The number of nitrogens with one attached hydrogen (secondary N) is 1. The van der Waals surface area contributed by atoms with Gasteiger partial charge in [0.1, 0.15) is 5.82 Å². The van der Waals surface area contributed by atoms with Gasteiger partial charge in [0, 0.05) is 38.0 Å². The second kappa shape index (κ2) is 6.90. The zero-order valence-corrected chi connectivity index (χ0v) is 11.6. The Balaban J connectivity index is 1.88. The molecule has 1 fully saturated rings. The van der Waals surface area contributed by atoms with Gasteiger partial charge in [-0.15, -0.1) is 0 Å². The minimum absolute atomic E-state index is 0.432. The van der Waals surface area contributed by atoms with Crippen LogP contribution in [0.3, 0.4) is 0 Å². The molecule has 2 rings (SSSR count). The van der Waals surface area contributed by atoms with E-state index in [1.54, 1.807) is 0 Å². The summed E-state index contributed by atoms with van der Waals surface area (Å²) in [6.45, 7) is 4.08. The van der Waals surface area contributed by atoms with Crippen molar-refractivity contribution in [3.8, 4) is 0 Å². The Morgan fingerprint density at radius 1 is 1.56 bits per heavy atom. The molecule has 0 spiro atoms. The zero-order chi connectivity index (χ0) is 12.8. The summed E-state index contributed by atoms with van der Waals surface area (Å²) in [5, 5.41) is 3.41. The second-order valence-corrected chi connectivity index (χ2v) is 5.04. The third kappa shape index (κ3) is 3.56. The molecule has 2 atom stereocenters. The van der Waals surface area contributed by atoms with E-state index < -0.39 is 0 Å². The van der Waals surface area contributed by atoms with E-state index >= 15 is 0 Å². The van der Waals surface area contributed by atoms with Gasteiger partial charge in [-0.05, 0) is 39.7 Å². The molecule has 1 aliphatic heterocycles. The maximum atomic E-state index is 5.82. The molecule has 102 valence electrons. The quantitative estimate of drug-likeness (QED) is 0.840. The van der Waals surface area contributed by atoms with Gasteiger partial charge in [-0.3, -0.25) is 0 Å². The lowest BCUT2D eigenvalue weighted by molar-refractivity contribution is 0.00554. The SMILES string of the molecule is CCn1ccnc1CC(CC1CCCCO1)NC. The molecule has 1 aliphatic rings. The van der Waals surface area contributed by atoms with Crippen LogP contribution in [0.2, 0.25) is 0 Å². The van der Waals surface area contributed by atoms with Crippen molar-refractivity contribution in [1.29, 1.82) is 0 Å². The molecule has 4 heteroatoms. The predicted octanol–water partition coefficient (Wildman–Crippen LogP) is 1.99. The number of ether oxygens (including phenoxy) is 1. The lowest BCUT2D eigenvalue weighted by Gasteiger charge is -2.26. The van der Waals surface area contributed by atoms with Gasteiger partial charge >= 0.3 is 0 Å². The van der Waals surface area contributed by atoms with Crippen molar-refractivity contribution in [1.82, 2.24) is 14.9 Å². The maximum Gasteiger partial charge on any atom is 0.110 e. The van der Waals surface area contributed by atoms with Gasteiger partial charge < -0.3 is 14.6 Å². The summed E-state index contributed by atoms with van der Waals surface area (Å²) in [5.41, 5.74) is 0. The second-order valence-electron chi connectivity index (χ2n) is 5.04. The molecule has 1 N–H and O–H groups in total. The highest BCUT2D eigenvalue weighted by Crippen LogP contribution is 2.18. The summed E-state index contributed by atoms with van der Waals surface area (Å²) in [5.74, 6) is 1.17. The van der Waals surface area contributed by atoms with E-state index in [-0.39, 0.29) is 0 Å². The number of hydrogen-bond acceptors (Lipinski definition) is 3. The Morgan fingerprint density at radius 2 is 2.44 bits per heavy atom. The van der Waals surface area contributed by atoms with E-state index in [1.807, 2.05) is 13.2 Å². The van der Waals surface area contributed by atoms with Gasteiger partial charge in [0.05, 0.1) is 6.10 Å². The molecule has 1 saturated heterocycles. The average Bonchev–Trinajstić information content (AvgIpc) is 2.86. The highest BCUT2D eigenvalue weighted by Gasteiger charge is 2.20. The third-order valence-corrected chi connectivity index (χ3v) is 3.80. The number of rotatable bonds is 6. The fraction of sp³-hybridized carbons (Fsp3) is 0.786. The largest absolute Gasteiger partial charge is 0.378 e. The number of hydrogen-bond donors (Lipinski definition) is 1. The van der Waals surface area contributed by atoms with Crippen LogP contribution in [-0.4, -0.2) is 35.4 Å². The van der Waals surface area contributed by atoms with Crippen molar-refractivity contribution in [2.45, 2.75) is 57.7 Å². The molecule has 1 aromatic rings. The van der Waals surface area contributed by atoms with Crippen molar-refractivity contribution in [2.75, 3.05) is 13.7 Å². The Labute approximate surface area is 110 Å². The first-order valence-electron chi connectivity index (χ1n) is 7.12. The average molecular weight is 251 g/mol. The smallest absolute Gasteiger partial charge is 0.110 e. The van der Waals surface area contributed by atoms with E-state index in [9.17, 15) is 0 Å². The van der Waals surface area contributed by atoms with Gasteiger partial charge in [0.25, 0.3) is 0 Å². The van der Waals surface area contributed by atoms with E-state index in [0.717, 1.165) is 26.0 Å². The van der Waals surface area contributed by atoms with Crippen LogP contribution in [0.1, 0.15) is 38.4 Å². The van der Waals surface area contributed by atoms with Gasteiger partial charge in [0.15, 0.2) is 0 Å². The van der Waals surface area contributed by atoms with Crippen LogP contribution in [0.15, 0.2) is 12.4 Å². The number of likely N-dealkylation sites (N-methyl/N-ethyl adjacent to an activating group) is 1. The highest BCUT2D eigenvalue weighted by molar-refractivity contribution is 4.96. The molecule has 0 aliphatic carbocycles. The molecular formula is C14H25N3O. The first-order chi connectivity index (χ1) is 8.83. The molecule has 1 aromatic heterocycles. The molecule has 0 saturated carbocycles. The minimum Gasteiger partial charge on any atom is -0.378 e. The van der Waals surface area contributed by atoms with Crippen LogP contribution in [0.5, 0.6) is 0 Å². The Morgan fingerprint density at radius 3 is 3.11 bits per heavy atom. The Bertz CT molecular complexity index is 345.